The van der Waals surface area contributed by atoms with Crippen molar-refractivity contribution >= 4 is 21.6 Å². The van der Waals surface area contributed by atoms with Crippen LogP contribution in [0.5, 0.6) is 0 Å². The Labute approximate surface area is 129 Å². The Kier molecular flexibility index (Phi) is 5.21. The van der Waals surface area contributed by atoms with Gasteiger partial charge in [-0.05, 0) is 43.2 Å². The van der Waals surface area contributed by atoms with Gasteiger partial charge in [-0.25, -0.2) is 0 Å². The number of nitrogen functional groups attached to an aromatic ring is 1. The highest BCUT2D eigenvalue weighted by Gasteiger charge is 2.12. The highest BCUT2D eigenvalue weighted by molar-refractivity contribution is 9.10. The molecule has 0 saturated heterocycles. The van der Waals surface area contributed by atoms with Crippen molar-refractivity contribution in [2.75, 3.05) is 5.73 Å². The van der Waals surface area contributed by atoms with E-state index < -0.39 is 0 Å². The first-order chi connectivity index (χ1) is 9.56. The highest BCUT2D eigenvalue weighted by atomic mass is 79.9. The fourth-order valence-electron chi connectivity index (χ4n) is 2.19. The summed E-state index contributed by atoms with van der Waals surface area (Å²) in [6.07, 6.45) is 0. The minimum atomic E-state index is 0.466. The fourth-order valence-corrected chi connectivity index (χ4v) is 2.63. The van der Waals surface area contributed by atoms with Crippen LogP contribution in [0.4, 0.5) is 5.69 Å². The Morgan fingerprint density at radius 3 is 2.45 bits per heavy atom. The van der Waals surface area contributed by atoms with Gasteiger partial charge in [0, 0.05) is 29.3 Å². The molecule has 2 N–H and O–H groups in total. The van der Waals surface area contributed by atoms with Crippen LogP contribution in [0.1, 0.15) is 25.0 Å². The molecule has 0 atom stereocenters. The van der Waals surface area contributed by atoms with E-state index in [-0.39, 0.29) is 0 Å². The minimum Gasteiger partial charge on any atom is -0.398 e. The second kappa shape index (κ2) is 6.91. The average Bonchev–Trinajstić information content (AvgIpc) is 2.40. The first-order valence-corrected chi connectivity index (χ1v) is 7.67. The predicted octanol–water partition coefficient (Wildman–Crippen LogP) is 4.44. The molecule has 0 amide bonds. The van der Waals surface area contributed by atoms with Crippen molar-refractivity contribution in [3.8, 4) is 0 Å². The SMILES string of the molecule is CC(C)N(Cc1cccc(Br)c1)Cc1ccccc1N. The summed E-state index contributed by atoms with van der Waals surface area (Å²) in [5.74, 6) is 0. The smallest absolute Gasteiger partial charge is 0.0359 e. The number of para-hydroxylation sites is 1. The molecule has 2 aromatic carbocycles. The van der Waals surface area contributed by atoms with Crippen LogP contribution >= 0.6 is 15.9 Å². The van der Waals surface area contributed by atoms with Crippen molar-refractivity contribution < 1.29 is 0 Å². The highest BCUT2D eigenvalue weighted by Crippen LogP contribution is 2.19. The molecular formula is C17H21BrN2. The van der Waals surface area contributed by atoms with Gasteiger partial charge in [-0.1, -0.05) is 46.3 Å². The Morgan fingerprint density at radius 2 is 1.80 bits per heavy atom. The number of halogens is 1. The molecule has 2 rings (SSSR count). The fraction of sp³-hybridized carbons (Fsp3) is 0.294. The Balaban J connectivity index is 2.14. The molecule has 2 nitrogen and oxygen atoms in total. The van der Waals surface area contributed by atoms with Crippen molar-refractivity contribution in [3.05, 3.63) is 64.1 Å². The maximum atomic E-state index is 6.05. The predicted molar refractivity (Wildman–Crippen MR) is 89.4 cm³/mol. The summed E-state index contributed by atoms with van der Waals surface area (Å²) in [5.41, 5.74) is 9.42. The molecular weight excluding hydrogens is 312 g/mol. The zero-order chi connectivity index (χ0) is 14.5. The Bertz CT molecular complexity index is 566. The van der Waals surface area contributed by atoms with Gasteiger partial charge < -0.3 is 5.73 Å². The van der Waals surface area contributed by atoms with Crippen molar-refractivity contribution in [2.24, 2.45) is 0 Å². The number of benzene rings is 2. The quantitative estimate of drug-likeness (QED) is 0.820. The van der Waals surface area contributed by atoms with E-state index in [0.717, 1.165) is 23.2 Å². The second-order valence-corrected chi connectivity index (χ2v) is 6.24. The standard InChI is InChI=1S/C17H21BrN2/c1-13(2)20(11-14-6-5-8-16(18)10-14)12-15-7-3-4-9-17(15)19/h3-10,13H,11-12,19H2,1-2H3. The lowest BCUT2D eigenvalue weighted by molar-refractivity contribution is 0.204. The number of anilines is 1. The normalized spacial score (nSPS) is 11.2. The van der Waals surface area contributed by atoms with E-state index in [4.69, 9.17) is 5.73 Å². The van der Waals surface area contributed by atoms with Crippen LogP contribution in [0.3, 0.4) is 0 Å². The molecule has 0 saturated carbocycles. The molecule has 3 heteroatoms. The van der Waals surface area contributed by atoms with E-state index in [2.05, 4.69) is 65.0 Å². The molecule has 0 aliphatic carbocycles. The van der Waals surface area contributed by atoms with Gasteiger partial charge in [0.05, 0.1) is 0 Å². The largest absolute Gasteiger partial charge is 0.398 e. The topological polar surface area (TPSA) is 29.3 Å². The molecule has 0 spiro atoms. The van der Waals surface area contributed by atoms with E-state index in [1.54, 1.807) is 0 Å². The zero-order valence-corrected chi connectivity index (χ0v) is 13.6. The third kappa shape index (κ3) is 4.09. The van der Waals surface area contributed by atoms with Gasteiger partial charge in [-0.3, -0.25) is 4.90 Å². The summed E-state index contributed by atoms with van der Waals surface area (Å²) in [6, 6.07) is 17.0. The molecule has 0 bridgehead atoms. The van der Waals surface area contributed by atoms with Crippen molar-refractivity contribution in [1.29, 1.82) is 0 Å². The summed E-state index contributed by atoms with van der Waals surface area (Å²) in [5, 5.41) is 0. The zero-order valence-electron chi connectivity index (χ0n) is 12.0. The van der Waals surface area contributed by atoms with Crippen LogP contribution in [-0.2, 0) is 13.1 Å². The molecule has 0 radical (unpaired) electrons. The third-order valence-electron chi connectivity index (χ3n) is 3.43. The summed E-state index contributed by atoms with van der Waals surface area (Å²) in [6.45, 7) is 6.23. The molecule has 20 heavy (non-hydrogen) atoms. The van der Waals surface area contributed by atoms with Crippen LogP contribution in [0.25, 0.3) is 0 Å². The van der Waals surface area contributed by atoms with E-state index >= 15 is 0 Å². The first kappa shape index (κ1) is 15.1. The van der Waals surface area contributed by atoms with Crippen molar-refractivity contribution in [1.82, 2.24) is 4.90 Å². The van der Waals surface area contributed by atoms with E-state index in [9.17, 15) is 0 Å². The molecule has 106 valence electrons. The minimum absolute atomic E-state index is 0.466. The van der Waals surface area contributed by atoms with E-state index in [1.165, 1.54) is 11.1 Å². The monoisotopic (exact) mass is 332 g/mol. The van der Waals surface area contributed by atoms with Gasteiger partial charge in [-0.15, -0.1) is 0 Å². The lowest BCUT2D eigenvalue weighted by Crippen LogP contribution is -2.30. The number of nitrogens with zero attached hydrogens (tertiary/aromatic N) is 1. The number of rotatable bonds is 5. The second-order valence-electron chi connectivity index (χ2n) is 5.33. The van der Waals surface area contributed by atoms with E-state index in [0.29, 0.717) is 6.04 Å². The van der Waals surface area contributed by atoms with Gasteiger partial charge in [0.25, 0.3) is 0 Å². The average molecular weight is 333 g/mol. The molecule has 0 aliphatic rings. The Morgan fingerprint density at radius 1 is 1.05 bits per heavy atom. The number of hydrogen-bond donors (Lipinski definition) is 1. The summed E-state index contributed by atoms with van der Waals surface area (Å²) in [7, 11) is 0. The van der Waals surface area contributed by atoms with Crippen LogP contribution in [0, 0.1) is 0 Å². The van der Waals surface area contributed by atoms with Crippen LogP contribution in [0.15, 0.2) is 53.0 Å². The van der Waals surface area contributed by atoms with Gasteiger partial charge in [0.1, 0.15) is 0 Å². The molecule has 0 fully saturated rings. The van der Waals surface area contributed by atoms with Gasteiger partial charge in [0.2, 0.25) is 0 Å². The maximum absolute atomic E-state index is 6.05. The number of nitrogens with two attached hydrogens (primary N) is 1. The van der Waals surface area contributed by atoms with Crippen LogP contribution < -0.4 is 5.73 Å². The molecule has 0 aromatic heterocycles. The van der Waals surface area contributed by atoms with Gasteiger partial charge >= 0.3 is 0 Å². The van der Waals surface area contributed by atoms with Gasteiger partial charge in [-0.2, -0.15) is 0 Å². The lowest BCUT2D eigenvalue weighted by Gasteiger charge is -2.27. The summed E-state index contributed by atoms with van der Waals surface area (Å²) in [4.78, 5) is 2.42. The van der Waals surface area contributed by atoms with Crippen LogP contribution in [0.2, 0.25) is 0 Å². The molecule has 2 aromatic rings. The molecule has 0 aliphatic heterocycles. The van der Waals surface area contributed by atoms with Crippen molar-refractivity contribution in [2.45, 2.75) is 33.0 Å². The maximum Gasteiger partial charge on any atom is 0.0359 e. The molecule has 0 unspecified atom stereocenters. The van der Waals surface area contributed by atoms with Crippen LogP contribution in [-0.4, -0.2) is 10.9 Å². The molecule has 0 heterocycles. The first-order valence-electron chi connectivity index (χ1n) is 6.88. The van der Waals surface area contributed by atoms with Gasteiger partial charge in [0.15, 0.2) is 0 Å². The number of hydrogen-bond acceptors (Lipinski definition) is 2. The van der Waals surface area contributed by atoms with Crippen molar-refractivity contribution in [3.63, 3.8) is 0 Å². The third-order valence-corrected chi connectivity index (χ3v) is 3.93. The summed E-state index contributed by atoms with van der Waals surface area (Å²) >= 11 is 3.53. The lowest BCUT2D eigenvalue weighted by atomic mass is 10.1. The summed E-state index contributed by atoms with van der Waals surface area (Å²) < 4.78 is 1.12. The van der Waals surface area contributed by atoms with E-state index in [1.807, 2.05) is 18.2 Å². The Hall–Kier alpha value is -1.32.